The summed E-state index contributed by atoms with van der Waals surface area (Å²) in [6.07, 6.45) is 0. The fourth-order valence-corrected chi connectivity index (χ4v) is 2.24. The van der Waals surface area contributed by atoms with Crippen molar-refractivity contribution in [3.8, 4) is 0 Å². The van der Waals surface area contributed by atoms with Crippen molar-refractivity contribution < 1.29 is 0 Å². The average molecular weight is 299 g/mol. The second-order valence-electron chi connectivity index (χ2n) is 5.27. The lowest BCUT2D eigenvalue weighted by molar-refractivity contribution is 1.13. The second-order valence-corrected chi connectivity index (χ2v) is 5.68. The molecule has 0 amide bonds. The number of nitrogens with zero attached hydrogens (tertiary/aromatic N) is 1. The van der Waals surface area contributed by atoms with Gasteiger partial charge >= 0.3 is 0 Å². The van der Waals surface area contributed by atoms with Crippen LogP contribution in [0, 0.1) is 13.8 Å². The minimum Gasteiger partial charge on any atom is -0.378 e. The fraction of sp³-hybridized carbons (Fsp3) is 0.235. The van der Waals surface area contributed by atoms with Gasteiger partial charge in [-0.2, -0.15) is 0 Å². The van der Waals surface area contributed by atoms with Crippen LogP contribution in [0.15, 0.2) is 42.5 Å². The van der Waals surface area contributed by atoms with Gasteiger partial charge in [-0.15, -0.1) is 0 Å². The molecule has 0 atom stereocenters. The van der Waals surface area contributed by atoms with Gasteiger partial charge in [0.25, 0.3) is 0 Å². The Labute approximate surface area is 132 Å². The van der Waals surface area contributed by atoms with E-state index in [2.05, 4.69) is 47.6 Å². The molecule has 4 heteroatoms. The summed E-state index contributed by atoms with van der Waals surface area (Å²) in [7, 11) is 4.05. The lowest BCUT2D eigenvalue weighted by atomic mass is 10.1. The number of rotatable bonds is 3. The number of hydrogen-bond donors (Lipinski definition) is 2. The molecule has 0 unspecified atom stereocenters. The largest absolute Gasteiger partial charge is 0.378 e. The van der Waals surface area contributed by atoms with Gasteiger partial charge < -0.3 is 15.5 Å². The van der Waals surface area contributed by atoms with Crippen LogP contribution in [0.2, 0.25) is 0 Å². The predicted molar refractivity (Wildman–Crippen MR) is 96.5 cm³/mol. The highest BCUT2D eigenvalue weighted by Gasteiger charge is 2.03. The van der Waals surface area contributed by atoms with Gasteiger partial charge in [-0.05, 0) is 67.5 Å². The second kappa shape index (κ2) is 6.59. The first kappa shape index (κ1) is 15.3. The summed E-state index contributed by atoms with van der Waals surface area (Å²) in [5, 5.41) is 7.05. The van der Waals surface area contributed by atoms with Crippen molar-refractivity contribution in [2.45, 2.75) is 13.8 Å². The molecule has 2 N–H and O–H groups in total. The summed E-state index contributed by atoms with van der Waals surface area (Å²) in [6, 6.07) is 14.3. The molecule has 0 heterocycles. The molecule has 110 valence electrons. The number of anilines is 3. The van der Waals surface area contributed by atoms with Gasteiger partial charge in [0.2, 0.25) is 0 Å². The van der Waals surface area contributed by atoms with Crippen molar-refractivity contribution in [1.29, 1.82) is 0 Å². The van der Waals surface area contributed by atoms with E-state index in [0.717, 1.165) is 17.1 Å². The molecule has 3 nitrogen and oxygen atoms in total. The maximum Gasteiger partial charge on any atom is 0.175 e. The SMILES string of the molecule is Cc1cccc(NC(=S)Nc2ccc(N(C)C)cc2)c1C. The van der Waals surface area contributed by atoms with Crippen LogP contribution in [0.3, 0.4) is 0 Å². The Balaban J connectivity index is 2.03. The predicted octanol–water partition coefficient (Wildman–Crippen LogP) is 4.18. The zero-order chi connectivity index (χ0) is 15.4. The third-order valence-electron chi connectivity index (χ3n) is 3.49. The van der Waals surface area contributed by atoms with Crippen molar-refractivity contribution in [3.63, 3.8) is 0 Å². The van der Waals surface area contributed by atoms with Gasteiger partial charge in [-0.1, -0.05) is 12.1 Å². The Morgan fingerprint density at radius 2 is 1.62 bits per heavy atom. The highest BCUT2D eigenvalue weighted by Crippen LogP contribution is 2.19. The van der Waals surface area contributed by atoms with Gasteiger partial charge in [0.15, 0.2) is 5.11 Å². The molecule has 0 fully saturated rings. The van der Waals surface area contributed by atoms with Crippen molar-refractivity contribution in [2.75, 3.05) is 29.6 Å². The first-order valence-corrected chi connectivity index (χ1v) is 7.30. The average Bonchev–Trinajstić information content (AvgIpc) is 2.44. The molecule has 0 radical (unpaired) electrons. The summed E-state index contributed by atoms with van der Waals surface area (Å²) in [6.45, 7) is 4.18. The third kappa shape index (κ3) is 3.95. The van der Waals surface area contributed by atoms with E-state index in [1.165, 1.54) is 11.1 Å². The van der Waals surface area contributed by atoms with Crippen molar-refractivity contribution in [2.24, 2.45) is 0 Å². The Hall–Kier alpha value is -2.07. The maximum atomic E-state index is 5.37. The minimum absolute atomic E-state index is 0.598. The van der Waals surface area contributed by atoms with Gasteiger partial charge in [-0.3, -0.25) is 0 Å². The van der Waals surface area contributed by atoms with Crippen molar-refractivity contribution >= 4 is 34.4 Å². The Bertz CT molecular complexity index is 633. The Kier molecular flexibility index (Phi) is 4.81. The molecule has 21 heavy (non-hydrogen) atoms. The molecule has 0 aromatic heterocycles. The van der Waals surface area contributed by atoms with Crippen LogP contribution < -0.4 is 15.5 Å². The number of aryl methyl sites for hydroxylation is 1. The monoisotopic (exact) mass is 299 g/mol. The first-order valence-electron chi connectivity index (χ1n) is 6.89. The number of benzene rings is 2. The summed E-state index contributed by atoms with van der Waals surface area (Å²) < 4.78 is 0. The lowest BCUT2D eigenvalue weighted by Gasteiger charge is -2.15. The van der Waals surface area contributed by atoms with Gasteiger partial charge in [0.05, 0.1) is 0 Å². The molecule has 0 spiro atoms. The molecule has 2 aromatic carbocycles. The Morgan fingerprint density at radius 3 is 2.24 bits per heavy atom. The van der Waals surface area contributed by atoms with E-state index in [0.29, 0.717) is 5.11 Å². The van der Waals surface area contributed by atoms with Crippen LogP contribution in [0.1, 0.15) is 11.1 Å². The zero-order valence-electron chi connectivity index (χ0n) is 12.9. The van der Waals surface area contributed by atoms with Crippen LogP contribution in [0.4, 0.5) is 17.1 Å². The number of hydrogen-bond acceptors (Lipinski definition) is 2. The highest BCUT2D eigenvalue weighted by molar-refractivity contribution is 7.80. The van der Waals surface area contributed by atoms with E-state index in [4.69, 9.17) is 12.2 Å². The maximum absolute atomic E-state index is 5.37. The molecule has 0 aliphatic heterocycles. The quantitative estimate of drug-likeness (QED) is 0.832. The minimum atomic E-state index is 0.598. The van der Waals surface area contributed by atoms with Crippen LogP contribution in [-0.2, 0) is 0 Å². The van der Waals surface area contributed by atoms with Crippen molar-refractivity contribution in [1.82, 2.24) is 0 Å². The number of thiocarbonyl (C=S) groups is 1. The van der Waals surface area contributed by atoms with Crippen molar-refractivity contribution in [3.05, 3.63) is 53.6 Å². The molecule has 0 aliphatic rings. The zero-order valence-corrected chi connectivity index (χ0v) is 13.7. The molecular weight excluding hydrogens is 278 g/mol. The Morgan fingerprint density at radius 1 is 0.952 bits per heavy atom. The van der Waals surface area contributed by atoms with E-state index < -0.39 is 0 Å². The molecular formula is C17H21N3S. The molecule has 0 aliphatic carbocycles. The van der Waals surface area contributed by atoms with Crippen LogP contribution in [0.5, 0.6) is 0 Å². The molecule has 2 aromatic rings. The van der Waals surface area contributed by atoms with E-state index in [9.17, 15) is 0 Å². The molecule has 0 bridgehead atoms. The lowest BCUT2D eigenvalue weighted by Crippen LogP contribution is -2.19. The summed E-state index contributed by atoms with van der Waals surface area (Å²) in [4.78, 5) is 2.07. The third-order valence-corrected chi connectivity index (χ3v) is 3.70. The summed E-state index contributed by atoms with van der Waals surface area (Å²) in [5.74, 6) is 0. The smallest absolute Gasteiger partial charge is 0.175 e. The van der Waals surface area contributed by atoms with Crippen LogP contribution >= 0.6 is 12.2 Å². The van der Waals surface area contributed by atoms with Gasteiger partial charge in [-0.25, -0.2) is 0 Å². The topological polar surface area (TPSA) is 27.3 Å². The molecule has 0 saturated carbocycles. The van der Waals surface area contributed by atoms with E-state index in [1.807, 2.05) is 38.4 Å². The van der Waals surface area contributed by atoms with E-state index >= 15 is 0 Å². The summed E-state index contributed by atoms with van der Waals surface area (Å²) in [5.41, 5.74) is 5.64. The normalized spacial score (nSPS) is 10.1. The van der Waals surface area contributed by atoms with E-state index in [1.54, 1.807) is 0 Å². The van der Waals surface area contributed by atoms with Gasteiger partial charge in [0.1, 0.15) is 0 Å². The number of nitrogens with one attached hydrogen (secondary N) is 2. The molecule has 2 rings (SSSR count). The molecule has 0 saturated heterocycles. The van der Waals surface area contributed by atoms with Crippen LogP contribution in [0.25, 0.3) is 0 Å². The highest BCUT2D eigenvalue weighted by atomic mass is 32.1. The fourth-order valence-electron chi connectivity index (χ4n) is 2.01. The van der Waals surface area contributed by atoms with Gasteiger partial charge in [0, 0.05) is 31.2 Å². The standard InChI is InChI=1S/C17H21N3S/c1-12-6-5-7-16(13(12)2)19-17(21)18-14-8-10-15(11-9-14)20(3)4/h5-11H,1-4H3,(H2,18,19,21). The van der Waals surface area contributed by atoms with Crippen LogP contribution in [-0.4, -0.2) is 19.2 Å². The summed E-state index contributed by atoms with van der Waals surface area (Å²) >= 11 is 5.37. The van der Waals surface area contributed by atoms with E-state index in [-0.39, 0.29) is 0 Å². The first-order chi connectivity index (χ1) is 9.97.